The summed E-state index contributed by atoms with van der Waals surface area (Å²) in [4.78, 5) is 30.9. The normalized spacial score (nSPS) is 13.0. The number of halogens is 1. The third-order valence-electron chi connectivity index (χ3n) is 4.31. The largest absolute Gasteiger partial charge is 0.366 e. The maximum absolute atomic E-state index is 12.0. The van der Waals surface area contributed by atoms with Crippen molar-refractivity contribution in [2.24, 2.45) is 5.73 Å². The Bertz CT molecular complexity index is 1060. The Balaban J connectivity index is 1.68. The molecule has 1 aliphatic heterocycles. The fourth-order valence-electron chi connectivity index (χ4n) is 2.93. The molecule has 3 aromatic rings. The summed E-state index contributed by atoms with van der Waals surface area (Å²) in [6.45, 7) is 0.465. The van der Waals surface area contributed by atoms with Crippen LogP contribution in [0, 0.1) is 0 Å². The molecule has 0 fully saturated rings. The highest BCUT2D eigenvalue weighted by atomic mass is 35.5. The third-order valence-corrected chi connectivity index (χ3v) is 5.66. The second kappa shape index (κ2) is 6.68. The molecule has 4 rings (SSSR count). The van der Waals surface area contributed by atoms with Crippen molar-refractivity contribution in [3.63, 3.8) is 0 Å². The number of thiophene rings is 1. The van der Waals surface area contributed by atoms with Crippen LogP contribution >= 0.6 is 22.9 Å². The number of nitrogens with two attached hydrogens (primary N) is 1. The van der Waals surface area contributed by atoms with E-state index in [0.717, 1.165) is 10.4 Å². The number of primary amides is 1. The average molecular weight is 399 g/mol. The molecule has 0 aliphatic carbocycles. The molecule has 0 saturated heterocycles. The number of anilines is 2. The minimum atomic E-state index is -0.523. The third kappa shape index (κ3) is 3.27. The number of hydrogen-bond donors (Lipinski definition) is 2. The van der Waals surface area contributed by atoms with Gasteiger partial charge in [-0.05, 0) is 35.9 Å². The zero-order valence-electron chi connectivity index (χ0n) is 14.3. The summed E-state index contributed by atoms with van der Waals surface area (Å²) >= 11 is 7.35. The van der Waals surface area contributed by atoms with E-state index in [1.54, 1.807) is 42.3 Å². The number of nitrogens with zero attached hydrogens (tertiary/aromatic N) is 2. The summed E-state index contributed by atoms with van der Waals surface area (Å²) < 4.78 is 0. The van der Waals surface area contributed by atoms with Gasteiger partial charge in [-0.15, -0.1) is 11.3 Å². The number of pyridine rings is 1. The van der Waals surface area contributed by atoms with E-state index in [0.29, 0.717) is 39.2 Å². The van der Waals surface area contributed by atoms with Crippen LogP contribution in [0.3, 0.4) is 0 Å². The van der Waals surface area contributed by atoms with Gasteiger partial charge in [0.25, 0.3) is 11.8 Å². The molecular weight excluding hydrogens is 384 g/mol. The maximum Gasteiger partial charge on any atom is 0.255 e. The summed E-state index contributed by atoms with van der Waals surface area (Å²) in [5, 5.41) is 4.42. The minimum Gasteiger partial charge on any atom is -0.366 e. The smallest absolute Gasteiger partial charge is 0.255 e. The first-order chi connectivity index (χ1) is 12.9. The van der Waals surface area contributed by atoms with Crippen molar-refractivity contribution < 1.29 is 9.59 Å². The van der Waals surface area contributed by atoms with Crippen LogP contribution in [0.4, 0.5) is 10.8 Å². The fraction of sp³-hybridized carbons (Fsp3) is 0.105. The standard InChI is InChI=1S/C19H15ClN4O2S/c1-24-9-14-12(19(24)26)6-7-16(22-14)23-18-13(17(21)25)8-15(27-18)10-2-4-11(20)5-3-10/h2-8H,9H2,1H3,(H2,21,25)(H,22,23). The highest BCUT2D eigenvalue weighted by Gasteiger charge is 2.26. The molecular formula is C19H15ClN4O2S. The topological polar surface area (TPSA) is 88.3 Å². The minimum absolute atomic E-state index is 0.0389. The molecule has 0 radical (unpaired) electrons. The summed E-state index contributed by atoms with van der Waals surface area (Å²) in [6, 6.07) is 12.6. The number of nitrogens with one attached hydrogen (secondary N) is 1. The van der Waals surface area contributed by atoms with Crippen molar-refractivity contribution >= 4 is 45.6 Å². The van der Waals surface area contributed by atoms with Crippen molar-refractivity contribution in [1.29, 1.82) is 0 Å². The van der Waals surface area contributed by atoms with E-state index in [-0.39, 0.29) is 5.91 Å². The number of hydrogen-bond acceptors (Lipinski definition) is 5. The molecule has 0 atom stereocenters. The van der Waals surface area contributed by atoms with Crippen molar-refractivity contribution in [2.75, 3.05) is 12.4 Å². The SMILES string of the molecule is CN1Cc2nc(Nc3sc(-c4ccc(Cl)cc4)cc3C(N)=O)ccc2C1=O. The summed E-state index contributed by atoms with van der Waals surface area (Å²) in [6.07, 6.45) is 0. The van der Waals surface area contributed by atoms with Gasteiger partial charge in [0.2, 0.25) is 0 Å². The summed E-state index contributed by atoms with van der Waals surface area (Å²) in [7, 11) is 1.74. The molecule has 136 valence electrons. The molecule has 1 aliphatic rings. The van der Waals surface area contributed by atoms with Gasteiger partial charge < -0.3 is 16.0 Å². The molecule has 2 aromatic heterocycles. The fourth-order valence-corrected chi connectivity index (χ4v) is 4.13. The van der Waals surface area contributed by atoms with Crippen LogP contribution < -0.4 is 11.1 Å². The van der Waals surface area contributed by atoms with Gasteiger partial charge in [-0.25, -0.2) is 4.98 Å². The highest BCUT2D eigenvalue weighted by molar-refractivity contribution is 7.19. The summed E-state index contributed by atoms with van der Waals surface area (Å²) in [5.41, 5.74) is 8.19. The van der Waals surface area contributed by atoms with Crippen molar-refractivity contribution in [3.05, 3.63) is 64.3 Å². The summed E-state index contributed by atoms with van der Waals surface area (Å²) in [5.74, 6) is -0.00286. The van der Waals surface area contributed by atoms with Gasteiger partial charge in [-0.3, -0.25) is 9.59 Å². The molecule has 2 amide bonds. The molecule has 1 aromatic carbocycles. The first kappa shape index (κ1) is 17.5. The predicted molar refractivity (Wildman–Crippen MR) is 107 cm³/mol. The second-order valence-electron chi connectivity index (χ2n) is 6.20. The van der Waals surface area contributed by atoms with Crippen LogP contribution in [0.2, 0.25) is 5.02 Å². The molecule has 27 heavy (non-hydrogen) atoms. The van der Waals surface area contributed by atoms with Crippen LogP contribution in [0.15, 0.2) is 42.5 Å². The highest BCUT2D eigenvalue weighted by Crippen LogP contribution is 2.37. The molecule has 3 N–H and O–H groups in total. The lowest BCUT2D eigenvalue weighted by Gasteiger charge is -2.06. The lowest BCUT2D eigenvalue weighted by molar-refractivity contribution is 0.0816. The van der Waals surface area contributed by atoms with Crippen molar-refractivity contribution in [1.82, 2.24) is 9.88 Å². The molecule has 0 bridgehead atoms. The Morgan fingerprint density at radius 1 is 1.26 bits per heavy atom. The lowest BCUT2D eigenvalue weighted by atomic mass is 10.1. The zero-order valence-corrected chi connectivity index (χ0v) is 15.9. The van der Waals surface area contributed by atoms with Gasteiger partial charge in [-0.2, -0.15) is 0 Å². The van der Waals surface area contributed by atoms with Crippen molar-refractivity contribution in [3.8, 4) is 10.4 Å². The van der Waals surface area contributed by atoms with Crippen molar-refractivity contribution in [2.45, 2.75) is 6.54 Å². The number of carbonyl (C=O) groups excluding carboxylic acids is 2. The van der Waals surface area contributed by atoms with Crippen LogP contribution in [0.25, 0.3) is 10.4 Å². The number of aromatic nitrogens is 1. The van der Waals surface area contributed by atoms with E-state index < -0.39 is 5.91 Å². The first-order valence-corrected chi connectivity index (χ1v) is 9.34. The van der Waals surface area contributed by atoms with E-state index in [2.05, 4.69) is 10.3 Å². The van der Waals surface area contributed by atoms with Gasteiger partial charge in [0.1, 0.15) is 10.8 Å². The van der Waals surface area contributed by atoms with E-state index in [4.69, 9.17) is 17.3 Å². The van der Waals surface area contributed by atoms with Crippen LogP contribution in [-0.2, 0) is 6.54 Å². The number of amides is 2. The maximum atomic E-state index is 12.0. The van der Waals surface area contributed by atoms with E-state index >= 15 is 0 Å². The van der Waals surface area contributed by atoms with Gasteiger partial charge in [-0.1, -0.05) is 23.7 Å². The average Bonchev–Trinajstić information content (AvgIpc) is 3.17. The Labute approximate surface area is 164 Å². The van der Waals surface area contributed by atoms with Gasteiger partial charge in [0.15, 0.2) is 0 Å². The Morgan fingerprint density at radius 3 is 2.70 bits per heavy atom. The zero-order chi connectivity index (χ0) is 19.1. The van der Waals surface area contributed by atoms with Crippen LogP contribution in [0.5, 0.6) is 0 Å². The van der Waals surface area contributed by atoms with Gasteiger partial charge in [0, 0.05) is 16.9 Å². The van der Waals surface area contributed by atoms with Crippen LogP contribution in [-0.4, -0.2) is 28.7 Å². The Morgan fingerprint density at radius 2 is 2.00 bits per heavy atom. The number of carbonyl (C=O) groups is 2. The second-order valence-corrected chi connectivity index (χ2v) is 7.69. The number of rotatable bonds is 4. The predicted octanol–water partition coefficient (Wildman–Crippen LogP) is 3.89. The van der Waals surface area contributed by atoms with Gasteiger partial charge in [0.05, 0.1) is 23.4 Å². The quantitative estimate of drug-likeness (QED) is 0.697. The Kier molecular flexibility index (Phi) is 4.33. The van der Waals surface area contributed by atoms with Crippen LogP contribution in [0.1, 0.15) is 26.4 Å². The molecule has 0 saturated carbocycles. The molecule has 0 unspecified atom stereocenters. The molecule has 0 spiro atoms. The van der Waals surface area contributed by atoms with E-state index in [1.165, 1.54) is 11.3 Å². The first-order valence-electron chi connectivity index (χ1n) is 8.14. The number of benzene rings is 1. The number of fused-ring (bicyclic) bond motifs is 1. The molecule has 6 nitrogen and oxygen atoms in total. The van der Waals surface area contributed by atoms with Gasteiger partial charge >= 0.3 is 0 Å². The van der Waals surface area contributed by atoms with E-state index in [1.807, 2.05) is 12.1 Å². The monoisotopic (exact) mass is 398 g/mol. The van der Waals surface area contributed by atoms with E-state index in [9.17, 15) is 9.59 Å². The lowest BCUT2D eigenvalue weighted by Crippen LogP contribution is -2.17. The molecule has 8 heteroatoms. The Hall–Kier alpha value is -2.90. The molecule has 3 heterocycles.